The molecule has 0 radical (unpaired) electrons. The fourth-order valence-electron chi connectivity index (χ4n) is 3.24. The van der Waals surface area contributed by atoms with Crippen LogP contribution in [0.2, 0.25) is 0 Å². The molecule has 2 fully saturated rings. The van der Waals surface area contributed by atoms with Gasteiger partial charge in [-0.3, -0.25) is 4.79 Å². The molecule has 1 aromatic carbocycles. The molecule has 130 valence electrons. The highest BCUT2D eigenvalue weighted by molar-refractivity contribution is 5.88. The average molecular weight is 331 g/mol. The average Bonchev–Trinajstić information content (AvgIpc) is 2.92. The van der Waals surface area contributed by atoms with Crippen LogP contribution in [0, 0.1) is 0 Å². The van der Waals surface area contributed by atoms with Crippen LogP contribution in [0.1, 0.15) is 25.8 Å². The number of carbonyl (C=O) groups is 1. The summed E-state index contributed by atoms with van der Waals surface area (Å²) in [6.45, 7) is 9.04. The second kappa shape index (κ2) is 7.05. The summed E-state index contributed by atoms with van der Waals surface area (Å²) in [4.78, 5) is 14.3. The maximum atomic E-state index is 12.5. The van der Waals surface area contributed by atoms with Gasteiger partial charge in [0.15, 0.2) is 11.9 Å². The molecule has 0 N–H and O–H groups in total. The van der Waals surface area contributed by atoms with Crippen LogP contribution in [0.15, 0.2) is 43.0 Å². The number of benzene rings is 1. The number of nitrogens with zero attached hydrogens (tertiary/aromatic N) is 1. The number of hydrogen-bond donors (Lipinski definition) is 0. The second-order valence-corrected chi connectivity index (χ2v) is 6.68. The Hall–Kier alpha value is -1.69. The summed E-state index contributed by atoms with van der Waals surface area (Å²) in [6, 6.07) is 9.77. The summed E-state index contributed by atoms with van der Waals surface area (Å²) >= 11 is 0. The number of carbonyl (C=O) groups excluding carboxylic acids is 1. The molecule has 0 saturated carbocycles. The van der Waals surface area contributed by atoms with Crippen molar-refractivity contribution < 1.29 is 19.0 Å². The summed E-state index contributed by atoms with van der Waals surface area (Å²) in [5.74, 6) is -0.594. The van der Waals surface area contributed by atoms with Gasteiger partial charge in [0.1, 0.15) is 6.10 Å². The number of amides is 1. The topological polar surface area (TPSA) is 48.0 Å². The van der Waals surface area contributed by atoms with E-state index in [-0.39, 0.29) is 18.1 Å². The molecule has 0 unspecified atom stereocenters. The lowest BCUT2D eigenvalue weighted by Gasteiger charge is -2.48. The standard InChI is InChI=1S/C19H25NO4/c1-4-5-11-20-16(15-13-23-19(2,3)24-15)17(18(20)21)22-12-14-9-7-6-8-10-14/h4,6-10,15-17H,1,5,11-13H2,2-3H3/t15-,16+,17-/m1/s1. The molecule has 2 aliphatic heterocycles. The zero-order chi connectivity index (χ0) is 17.2. The van der Waals surface area contributed by atoms with E-state index in [1.807, 2.05) is 55.2 Å². The highest BCUT2D eigenvalue weighted by Crippen LogP contribution is 2.34. The lowest BCUT2D eigenvalue weighted by atomic mass is 9.92. The van der Waals surface area contributed by atoms with Crippen molar-refractivity contribution in [2.24, 2.45) is 0 Å². The first-order chi connectivity index (χ1) is 11.5. The molecule has 0 aromatic heterocycles. The van der Waals surface area contributed by atoms with Gasteiger partial charge in [-0.25, -0.2) is 0 Å². The first-order valence-electron chi connectivity index (χ1n) is 8.40. The highest BCUT2D eigenvalue weighted by atomic mass is 16.7. The van der Waals surface area contributed by atoms with Crippen LogP contribution in [0.25, 0.3) is 0 Å². The minimum atomic E-state index is -0.614. The maximum Gasteiger partial charge on any atom is 0.254 e. The third kappa shape index (κ3) is 3.53. The molecule has 3 atom stereocenters. The molecule has 1 amide bonds. The predicted octanol–water partition coefficient (Wildman–Crippen LogP) is 2.51. The van der Waals surface area contributed by atoms with Gasteiger partial charge in [-0.1, -0.05) is 36.4 Å². The molecule has 5 nitrogen and oxygen atoms in total. The second-order valence-electron chi connectivity index (χ2n) is 6.68. The lowest BCUT2D eigenvalue weighted by molar-refractivity contribution is -0.198. The SMILES string of the molecule is C=CCCN1C(=O)[C@H](OCc2ccccc2)[C@@H]1[C@H]1COC(C)(C)O1. The monoisotopic (exact) mass is 331 g/mol. The van der Waals surface area contributed by atoms with E-state index in [1.165, 1.54) is 0 Å². The van der Waals surface area contributed by atoms with E-state index < -0.39 is 11.9 Å². The molecule has 0 spiro atoms. The van der Waals surface area contributed by atoms with E-state index in [2.05, 4.69) is 6.58 Å². The van der Waals surface area contributed by atoms with E-state index in [0.717, 1.165) is 12.0 Å². The third-order valence-corrected chi connectivity index (χ3v) is 4.45. The van der Waals surface area contributed by atoms with Crippen LogP contribution >= 0.6 is 0 Å². The van der Waals surface area contributed by atoms with Crippen LogP contribution in [0.3, 0.4) is 0 Å². The summed E-state index contributed by atoms with van der Waals surface area (Å²) in [5.41, 5.74) is 1.05. The Bertz CT molecular complexity index is 586. The molecule has 0 bridgehead atoms. The molecule has 2 aliphatic rings. The largest absolute Gasteiger partial charge is 0.361 e. The van der Waals surface area contributed by atoms with Crippen molar-refractivity contribution in [3.05, 3.63) is 48.6 Å². The summed E-state index contributed by atoms with van der Waals surface area (Å²) in [5, 5.41) is 0. The van der Waals surface area contributed by atoms with Crippen molar-refractivity contribution in [3.63, 3.8) is 0 Å². The minimum absolute atomic E-state index is 0.0195. The van der Waals surface area contributed by atoms with Crippen molar-refractivity contribution >= 4 is 5.91 Å². The Morgan fingerprint density at radius 1 is 1.38 bits per heavy atom. The van der Waals surface area contributed by atoms with Crippen molar-refractivity contribution in [1.29, 1.82) is 0 Å². The molecule has 1 aromatic rings. The molecule has 2 saturated heterocycles. The summed E-state index contributed by atoms with van der Waals surface area (Å²) < 4.78 is 17.6. The maximum absolute atomic E-state index is 12.5. The number of rotatable bonds is 7. The quantitative estimate of drug-likeness (QED) is 0.569. The van der Waals surface area contributed by atoms with Crippen LogP contribution in [0.5, 0.6) is 0 Å². The highest BCUT2D eigenvalue weighted by Gasteiger charge is 2.55. The van der Waals surface area contributed by atoms with Crippen LogP contribution < -0.4 is 0 Å². The van der Waals surface area contributed by atoms with E-state index in [1.54, 1.807) is 0 Å². The van der Waals surface area contributed by atoms with E-state index >= 15 is 0 Å². The number of likely N-dealkylation sites (tertiary alicyclic amines) is 1. The minimum Gasteiger partial charge on any atom is -0.361 e. The Kier molecular flexibility index (Phi) is 5.04. The van der Waals surface area contributed by atoms with E-state index in [0.29, 0.717) is 19.8 Å². The zero-order valence-corrected chi connectivity index (χ0v) is 14.3. The van der Waals surface area contributed by atoms with Gasteiger partial charge < -0.3 is 19.1 Å². The molecule has 24 heavy (non-hydrogen) atoms. The van der Waals surface area contributed by atoms with Crippen molar-refractivity contribution in [3.8, 4) is 0 Å². The molecule has 2 heterocycles. The molecular weight excluding hydrogens is 306 g/mol. The van der Waals surface area contributed by atoms with E-state index in [9.17, 15) is 4.79 Å². The van der Waals surface area contributed by atoms with Gasteiger partial charge in [-0.05, 0) is 25.8 Å². The van der Waals surface area contributed by atoms with Gasteiger partial charge in [-0.15, -0.1) is 6.58 Å². The predicted molar refractivity (Wildman–Crippen MR) is 90.2 cm³/mol. The van der Waals surface area contributed by atoms with Gasteiger partial charge in [0.25, 0.3) is 5.91 Å². The van der Waals surface area contributed by atoms with Gasteiger partial charge in [-0.2, -0.15) is 0 Å². The van der Waals surface area contributed by atoms with Gasteiger partial charge >= 0.3 is 0 Å². The Labute approximate surface area is 143 Å². The van der Waals surface area contributed by atoms with Gasteiger partial charge in [0, 0.05) is 6.54 Å². The molecule has 5 heteroatoms. The van der Waals surface area contributed by atoms with Crippen molar-refractivity contribution in [1.82, 2.24) is 4.90 Å². The van der Waals surface area contributed by atoms with E-state index in [4.69, 9.17) is 14.2 Å². The summed E-state index contributed by atoms with van der Waals surface area (Å²) in [6.07, 6.45) is 1.93. The summed E-state index contributed by atoms with van der Waals surface area (Å²) in [7, 11) is 0. The first kappa shape index (κ1) is 17.1. The number of hydrogen-bond acceptors (Lipinski definition) is 4. The Morgan fingerprint density at radius 2 is 2.12 bits per heavy atom. The fraction of sp³-hybridized carbons (Fsp3) is 0.526. The van der Waals surface area contributed by atoms with Crippen LogP contribution in [-0.4, -0.2) is 48.0 Å². The van der Waals surface area contributed by atoms with Gasteiger partial charge in [0.05, 0.1) is 19.3 Å². The van der Waals surface area contributed by atoms with Crippen molar-refractivity contribution in [2.45, 2.75) is 50.9 Å². The Morgan fingerprint density at radius 3 is 2.75 bits per heavy atom. The zero-order valence-electron chi connectivity index (χ0n) is 14.3. The first-order valence-corrected chi connectivity index (χ1v) is 8.40. The van der Waals surface area contributed by atoms with Crippen LogP contribution in [-0.2, 0) is 25.6 Å². The third-order valence-electron chi connectivity index (χ3n) is 4.45. The number of ether oxygens (including phenoxy) is 3. The normalized spacial score (nSPS) is 28.7. The van der Waals surface area contributed by atoms with Crippen LogP contribution in [0.4, 0.5) is 0 Å². The molecular formula is C19H25NO4. The molecule has 3 rings (SSSR count). The van der Waals surface area contributed by atoms with Gasteiger partial charge in [0.2, 0.25) is 0 Å². The Balaban J connectivity index is 1.67. The molecule has 0 aliphatic carbocycles. The lowest BCUT2D eigenvalue weighted by Crippen LogP contribution is -2.70. The fourth-order valence-corrected chi connectivity index (χ4v) is 3.24. The smallest absolute Gasteiger partial charge is 0.254 e. The van der Waals surface area contributed by atoms with Crippen molar-refractivity contribution in [2.75, 3.05) is 13.2 Å². The number of β-lactam (4-membered cyclic amide) rings is 1.